The molecule has 0 spiro atoms. The molecule has 0 unspecified atom stereocenters. The summed E-state index contributed by atoms with van der Waals surface area (Å²) in [7, 11) is 0. The molecule has 0 aliphatic heterocycles. The van der Waals surface area contributed by atoms with E-state index in [1.54, 1.807) is 12.1 Å². The summed E-state index contributed by atoms with van der Waals surface area (Å²) in [6.45, 7) is 7.57. The van der Waals surface area contributed by atoms with Crippen LogP contribution in [0.1, 0.15) is 36.7 Å². The summed E-state index contributed by atoms with van der Waals surface area (Å²) < 4.78 is 2.10. The van der Waals surface area contributed by atoms with Crippen LogP contribution in [0.4, 0.5) is 0 Å². The summed E-state index contributed by atoms with van der Waals surface area (Å²) in [6, 6.07) is 5.45. The molecule has 0 saturated carbocycles. The van der Waals surface area contributed by atoms with E-state index in [2.05, 4.69) is 25.3 Å². The molecule has 0 radical (unpaired) electrons. The van der Waals surface area contributed by atoms with Gasteiger partial charge in [0.05, 0.1) is 11.1 Å². The highest BCUT2D eigenvalue weighted by Gasteiger charge is 2.21. The van der Waals surface area contributed by atoms with Crippen LogP contribution in [0.3, 0.4) is 0 Å². The zero-order valence-corrected chi connectivity index (χ0v) is 11.6. The predicted octanol–water partition coefficient (Wildman–Crippen LogP) is 2.60. The van der Waals surface area contributed by atoms with E-state index in [1.165, 1.54) is 0 Å². The lowest BCUT2D eigenvalue weighted by molar-refractivity contribution is 0.0697. The molecule has 19 heavy (non-hydrogen) atoms. The summed E-state index contributed by atoms with van der Waals surface area (Å²) in [5.74, 6) is -0.890. The molecule has 0 atom stereocenters. The minimum Gasteiger partial charge on any atom is -0.478 e. The van der Waals surface area contributed by atoms with Crippen LogP contribution in [0.2, 0.25) is 0 Å². The smallest absolute Gasteiger partial charge is 0.335 e. The molecular formula is C15H20N2O2. The summed E-state index contributed by atoms with van der Waals surface area (Å²) in [6.07, 6.45) is 1.97. The van der Waals surface area contributed by atoms with Gasteiger partial charge in [0.25, 0.3) is 0 Å². The fourth-order valence-electron chi connectivity index (χ4n) is 2.37. The molecule has 2 rings (SSSR count). The zero-order valence-electron chi connectivity index (χ0n) is 11.6. The Balaban J connectivity index is 2.78. The van der Waals surface area contributed by atoms with E-state index in [-0.39, 0.29) is 5.41 Å². The molecular weight excluding hydrogens is 240 g/mol. The van der Waals surface area contributed by atoms with Gasteiger partial charge in [-0.3, -0.25) is 0 Å². The Bertz CT molecular complexity index is 621. The number of rotatable bonds is 3. The van der Waals surface area contributed by atoms with Gasteiger partial charge in [0.2, 0.25) is 0 Å². The van der Waals surface area contributed by atoms with Gasteiger partial charge in [-0.25, -0.2) is 4.79 Å². The number of aromatic carboxylic acids is 1. The summed E-state index contributed by atoms with van der Waals surface area (Å²) in [5.41, 5.74) is 7.98. The van der Waals surface area contributed by atoms with Gasteiger partial charge in [-0.1, -0.05) is 20.8 Å². The third-order valence-electron chi connectivity index (χ3n) is 3.29. The fourth-order valence-corrected chi connectivity index (χ4v) is 2.37. The molecule has 1 heterocycles. The van der Waals surface area contributed by atoms with Gasteiger partial charge < -0.3 is 15.4 Å². The zero-order chi connectivity index (χ0) is 14.2. The maximum atomic E-state index is 11.2. The lowest BCUT2D eigenvalue weighted by atomic mass is 9.84. The number of nitrogens with two attached hydrogens (primary N) is 1. The van der Waals surface area contributed by atoms with Crippen LogP contribution in [0.25, 0.3) is 10.9 Å². The number of nitrogens with zero attached hydrogens (tertiary/aromatic N) is 1. The Morgan fingerprint density at radius 3 is 2.58 bits per heavy atom. The molecule has 1 aromatic carbocycles. The fraction of sp³-hybridized carbons (Fsp3) is 0.400. The van der Waals surface area contributed by atoms with Gasteiger partial charge in [0, 0.05) is 24.7 Å². The van der Waals surface area contributed by atoms with Crippen molar-refractivity contribution in [2.45, 2.75) is 32.7 Å². The predicted molar refractivity (Wildman–Crippen MR) is 76.7 cm³/mol. The second-order valence-corrected chi connectivity index (χ2v) is 5.81. The number of aromatic nitrogens is 1. The number of fused-ring (bicyclic) bond motifs is 1. The van der Waals surface area contributed by atoms with Crippen molar-refractivity contribution in [2.24, 2.45) is 5.73 Å². The second-order valence-electron chi connectivity index (χ2n) is 5.81. The Morgan fingerprint density at radius 1 is 1.37 bits per heavy atom. The Hall–Kier alpha value is -1.81. The van der Waals surface area contributed by atoms with Crippen molar-refractivity contribution in [2.75, 3.05) is 6.54 Å². The highest BCUT2D eigenvalue weighted by Crippen LogP contribution is 2.32. The van der Waals surface area contributed by atoms with Crippen molar-refractivity contribution >= 4 is 16.9 Å². The van der Waals surface area contributed by atoms with Crippen LogP contribution < -0.4 is 5.73 Å². The van der Waals surface area contributed by atoms with Crippen molar-refractivity contribution in [3.05, 3.63) is 35.5 Å². The largest absolute Gasteiger partial charge is 0.478 e. The van der Waals surface area contributed by atoms with Crippen LogP contribution in [0, 0.1) is 0 Å². The van der Waals surface area contributed by atoms with Crippen molar-refractivity contribution in [1.29, 1.82) is 0 Å². The van der Waals surface area contributed by atoms with Crippen LogP contribution in [0.15, 0.2) is 24.4 Å². The highest BCUT2D eigenvalue weighted by atomic mass is 16.4. The first kappa shape index (κ1) is 13.6. The van der Waals surface area contributed by atoms with E-state index in [0.717, 1.165) is 23.0 Å². The lowest BCUT2D eigenvalue weighted by Gasteiger charge is -2.22. The molecule has 0 bridgehead atoms. The van der Waals surface area contributed by atoms with Crippen LogP contribution in [0.5, 0.6) is 0 Å². The van der Waals surface area contributed by atoms with Gasteiger partial charge >= 0.3 is 5.97 Å². The first-order valence-corrected chi connectivity index (χ1v) is 6.41. The summed E-state index contributed by atoms with van der Waals surface area (Å²) >= 11 is 0. The molecule has 0 saturated heterocycles. The standard InChI is InChI=1S/C15H20N2O2/c1-15(2,3)12-9-11(14(18)19)8-10-4-6-17(7-5-16)13(10)12/h4,6,8-9H,5,7,16H2,1-3H3,(H,18,19). The maximum absolute atomic E-state index is 11.2. The maximum Gasteiger partial charge on any atom is 0.335 e. The molecule has 4 heteroatoms. The molecule has 3 N–H and O–H groups in total. The van der Waals surface area contributed by atoms with Gasteiger partial charge in [0.1, 0.15) is 0 Å². The first-order chi connectivity index (χ1) is 8.84. The molecule has 1 aromatic heterocycles. The van der Waals surface area contributed by atoms with Gasteiger partial charge in [0.15, 0.2) is 0 Å². The molecule has 102 valence electrons. The van der Waals surface area contributed by atoms with Crippen molar-refractivity contribution in [3.8, 4) is 0 Å². The van der Waals surface area contributed by atoms with Crippen molar-refractivity contribution in [3.63, 3.8) is 0 Å². The molecule has 0 aliphatic carbocycles. The third kappa shape index (κ3) is 2.49. The van der Waals surface area contributed by atoms with Crippen LogP contribution >= 0.6 is 0 Å². The quantitative estimate of drug-likeness (QED) is 0.891. The molecule has 0 aliphatic rings. The van der Waals surface area contributed by atoms with E-state index in [1.807, 2.05) is 12.3 Å². The minimum absolute atomic E-state index is 0.117. The average Bonchev–Trinajstić information content (AvgIpc) is 2.70. The van der Waals surface area contributed by atoms with Gasteiger partial charge in [-0.15, -0.1) is 0 Å². The van der Waals surface area contributed by atoms with Crippen LogP contribution in [-0.2, 0) is 12.0 Å². The molecule has 0 fully saturated rings. The molecule has 4 nitrogen and oxygen atoms in total. The van der Waals surface area contributed by atoms with E-state index in [0.29, 0.717) is 12.1 Å². The van der Waals surface area contributed by atoms with E-state index >= 15 is 0 Å². The number of hydrogen-bond acceptors (Lipinski definition) is 2. The average molecular weight is 260 g/mol. The molecule has 0 amide bonds. The van der Waals surface area contributed by atoms with E-state index in [4.69, 9.17) is 5.73 Å². The lowest BCUT2D eigenvalue weighted by Crippen LogP contribution is -2.16. The Kier molecular flexibility index (Phi) is 3.37. The monoisotopic (exact) mass is 260 g/mol. The Morgan fingerprint density at radius 2 is 2.05 bits per heavy atom. The van der Waals surface area contributed by atoms with Crippen molar-refractivity contribution in [1.82, 2.24) is 4.57 Å². The number of benzene rings is 1. The Labute approximate surface area is 112 Å². The normalized spacial score (nSPS) is 12.0. The topological polar surface area (TPSA) is 68.2 Å². The number of carbonyl (C=O) groups is 1. The van der Waals surface area contributed by atoms with Gasteiger partial charge in [-0.2, -0.15) is 0 Å². The summed E-state index contributed by atoms with van der Waals surface area (Å²) in [4.78, 5) is 11.2. The first-order valence-electron chi connectivity index (χ1n) is 6.41. The van der Waals surface area contributed by atoms with E-state index < -0.39 is 5.97 Å². The number of carboxylic acid groups (broad SMARTS) is 1. The minimum atomic E-state index is -0.890. The van der Waals surface area contributed by atoms with Crippen molar-refractivity contribution < 1.29 is 9.90 Å². The highest BCUT2D eigenvalue weighted by molar-refractivity contribution is 5.95. The van der Waals surface area contributed by atoms with Crippen LogP contribution in [-0.4, -0.2) is 22.2 Å². The number of carboxylic acids is 1. The van der Waals surface area contributed by atoms with E-state index in [9.17, 15) is 9.90 Å². The second kappa shape index (κ2) is 4.70. The third-order valence-corrected chi connectivity index (χ3v) is 3.29. The summed E-state index contributed by atoms with van der Waals surface area (Å²) in [5, 5.41) is 10.2. The number of hydrogen-bond donors (Lipinski definition) is 2. The molecule has 2 aromatic rings. The van der Waals surface area contributed by atoms with Gasteiger partial charge in [-0.05, 0) is 29.2 Å². The SMILES string of the molecule is CC(C)(C)c1cc(C(=O)O)cc2ccn(CCN)c12.